The molecule has 1 aromatic rings. The van der Waals surface area contributed by atoms with E-state index >= 15 is 0 Å². The zero-order valence-corrected chi connectivity index (χ0v) is 15.7. The van der Waals surface area contributed by atoms with E-state index in [4.69, 9.17) is 5.26 Å². The largest absolute Gasteiger partial charge is 0.339 e. The number of likely N-dealkylation sites (tertiary alicyclic amines) is 2. The first-order valence-corrected chi connectivity index (χ1v) is 10.1. The Kier molecular flexibility index (Phi) is 4.86. The van der Waals surface area contributed by atoms with Crippen molar-refractivity contribution in [3.63, 3.8) is 0 Å². The summed E-state index contributed by atoms with van der Waals surface area (Å²) in [5.74, 6) is 0.181. The topological polar surface area (TPSA) is 77.3 Å². The van der Waals surface area contributed by atoms with E-state index in [0.29, 0.717) is 30.4 Å². The van der Waals surface area contributed by atoms with E-state index in [9.17, 15) is 9.59 Å². The summed E-state index contributed by atoms with van der Waals surface area (Å²) < 4.78 is 0. The molecule has 2 saturated heterocycles. The summed E-state index contributed by atoms with van der Waals surface area (Å²) >= 11 is 0. The van der Waals surface area contributed by atoms with Crippen LogP contribution in [0.2, 0.25) is 0 Å². The third-order valence-electron chi connectivity index (χ3n) is 6.55. The van der Waals surface area contributed by atoms with Crippen LogP contribution in [0.25, 0.3) is 0 Å². The van der Waals surface area contributed by atoms with E-state index in [2.05, 4.69) is 9.88 Å². The molecular formula is C21H26N4O2. The van der Waals surface area contributed by atoms with Crippen molar-refractivity contribution < 1.29 is 9.59 Å². The minimum Gasteiger partial charge on any atom is -0.339 e. The van der Waals surface area contributed by atoms with Gasteiger partial charge in [-0.15, -0.1) is 0 Å². The maximum atomic E-state index is 13.4. The summed E-state index contributed by atoms with van der Waals surface area (Å²) in [5, 5.41) is 8.86. The van der Waals surface area contributed by atoms with Crippen molar-refractivity contribution in [2.45, 2.75) is 57.4 Å². The Labute approximate surface area is 160 Å². The van der Waals surface area contributed by atoms with E-state index in [0.717, 1.165) is 38.6 Å². The molecule has 1 spiro atoms. The molecule has 1 atom stereocenters. The molecule has 6 nitrogen and oxygen atoms in total. The molecule has 1 unspecified atom stereocenters. The highest BCUT2D eigenvalue weighted by molar-refractivity contribution is 5.95. The molecule has 2 amide bonds. The number of amides is 2. The molecule has 3 aliphatic rings. The second-order valence-electron chi connectivity index (χ2n) is 8.19. The lowest BCUT2D eigenvalue weighted by atomic mass is 9.77. The first-order chi connectivity index (χ1) is 13.1. The van der Waals surface area contributed by atoms with Crippen LogP contribution in [0.1, 0.15) is 67.4 Å². The van der Waals surface area contributed by atoms with Gasteiger partial charge in [0.1, 0.15) is 11.8 Å². The monoisotopic (exact) mass is 366 g/mol. The standard InChI is InChI=1S/C21H26N4O2/c22-13-17-8-7-16(14-23-17)19(26)24-12-10-21(15-24)9-4-11-25(20(21)27)18-5-2-1-3-6-18/h7-8,14,18H,1-6,9-12,15H2. The van der Waals surface area contributed by atoms with Gasteiger partial charge in [-0.1, -0.05) is 19.3 Å². The lowest BCUT2D eigenvalue weighted by Crippen LogP contribution is -2.54. The normalized spacial score (nSPS) is 26.4. The molecule has 0 aromatic carbocycles. The third-order valence-corrected chi connectivity index (χ3v) is 6.55. The number of pyridine rings is 1. The molecule has 142 valence electrons. The zero-order chi connectivity index (χ0) is 18.9. The number of hydrogen-bond acceptors (Lipinski definition) is 4. The maximum Gasteiger partial charge on any atom is 0.255 e. The first-order valence-electron chi connectivity index (χ1n) is 10.1. The van der Waals surface area contributed by atoms with Gasteiger partial charge in [0.15, 0.2) is 0 Å². The Morgan fingerprint density at radius 3 is 2.67 bits per heavy atom. The first kappa shape index (κ1) is 18.0. The zero-order valence-electron chi connectivity index (χ0n) is 15.7. The highest BCUT2D eigenvalue weighted by Crippen LogP contribution is 2.42. The van der Waals surface area contributed by atoms with Crippen LogP contribution in [0.3, 0.4) is 0 Å². The van der Waals surface area contributed by atoms with Gasteiger partial charge in [0, 0.05) is 31.9 Å². The lowest BCUT2D eigenvalue weighted by Gasteiger charge is -2.44. The molecule has 3 heterocycles. The van der Waals surface area contributed by atoms with Gasteiger partial charge >= 0.3 is 0 Å². The van der Waals surface area contributed by atoms with Crippen LogP contribution in [-0.4, -0.2) is 52.3 Å². The van der Waals surface area contributed by atoms with Gasteiger partial charge in [-0.3, -0.25) is 9.59 Å². The maximum absolute atomic E-state index is 13.4. The highest BCUT2D eigenvalue weighted by Gasteiger charge is 2.50. The van der Waals surface area contributed by atoms with Gasteiger partial charge in [0.25, 0.3) is 5.91 Å². The van der Waals surface area contributed by atoms with E-state index < -0.39 is 5.41 Å². The van der Waals surface area contributed by atoms with Crippen LogP contribution in [0.5, 0.6) is 0 Å². The molecule has 2 aliphatic heterocycles. The minimum atomic E-state index is -0.397. The molecule has 3 fully saturated rings. The van der Waals surface area contributed by atoms with E-state index in [1.165, 1.54) is 25.5 Å². The van der Waals surface area contributed by atoms with Gasteiger partial charge in [0.05, 0.1) is 11.0 Å². The van der Waals surface area contributed by atoms with Crippen molar-refractivity contribution in [1.29, 1.82) is 5.26 Å². The third kappa shape index (κ3) is 3.31. The van der Waals surface area contributed by atoms with Crippen molar-refractivity contribution in [2.24, 2.45) is 5.41 Å². The molecule has 6 heteroatoms. The summed E-state index contributed by atoms with van der Waals surface area (Å²) in [6.45, 7) is 2.00. The van der Waals surface area contributed by atoms with Crippen LogP contribution in [0, 0.1) is 16.7 Å². The lowest BCUT2D eigenvalue weighted by molar-refractivity contribution is -0.149. The predicted molar refractivity (Wildman–Crippen MR) is 99.7 cm³/mol. The highest BCUT2D eigenvalue weighted by atomic mass is 16.2. The Morgan fingerprint density at radius 2 is 1.96 bits per heavy atom. The number of carbonyl (C=O) groups excluding carboxylic acids is 2. The quantitative estimate of drug-likeness (QED) is 0.806. The van der Waals surface area contributed by atoms with Crippen molar-refractivity contribution >= 4 is 11.8 Å². The molecule has 27 heavy (non-hydrogen) atoms. The van der Waals surface area contributed by atoms with Gasteiger partial charge in [0.2, 0.25) is 5.91 Å². The van der Waals surface area contributed by atoms with Crippen LogP contribution in [-0.2, 0) is 4.79 Å². The van der Waals surface area contributed by atoms with E-state index in [-0.39, 0.29) is 11.8 Å². The predicted octanol–water partition coefficient (Wildman–Crippen LogP) is 2.74. The molecule has 0 N–H and O–H groups in total. The Balaban J connectivity index is 1.47. The molecule has 0 bridgehead atoms. The van der Waals surface area contributed by atoms with Crippen molar-refractivity contribution in [3.8, 4) is 6.07 Å². The second-order valence-corrected chi connectivity index (χ2v) is 8.19. The number of nitrogens with zero attached hydrogens (tertiary/aromatic N) is 4. The molecular weight excluding hydrogens is 340 g/mol. The number of hydrogen-bond donors (Lipinski definition) is 0. The van der Waals surface area contributed by atoms with Crippen LogP contribution in [0.15, 0.2) is 18.3 Å². The molecule has 4 rings (SSSR count). The van der Waals surface area contributed by atoms with Crippen LogP contribution >= 0.6 is 0 Å². The molecule has 1 saturated carbocycles. The van der Waals surface area contributed by atoms with Crippen molar-refractivity contribution in [1.82, 2.24) is 14.8 Å². The summed E-state index contributed by atoms with van der Waals surface area (Å²) in [4.78, 5) is 34.2. The SMILES string of the molecule is N#Cc1ccc(C(=O)N2CCC3(CCCN(C4CCCCC4)C3=O)C2)cn1. The Bertz CT molecular complexity index is 763. The minimum absolute atomic E-state index is 0.0912. The number of aromatic nitrogens is 1. The average Bonchev–Trinajstić information content (AvgIpc) is 3.15. The molecule has 1 aliphatic carbocycles. The van der Waals surface area contributed by atoms with E-state index in [1.807, 2.05) is 6.07 Å². The number of piperidine rings is 1. The molecule has 0 radical (unpaired) electrons. The summed E-state index contributed by atoms with van der Waals surface area (Å²) in [6, 6.07) is 5.58. The van der Waals surface area contributed by atoms with Crippen molar-refractivity contribution in [3.05, 3.63) is 29.6 Å². The fourth-order valence-electron chi connectivity index (χ4n) is 5.04. The smallest absolute Gasteiger partial charge is 0.255 e. The summed E-state index contributed by atoms with van der Waals surface area (Å²) in [5.41, 5.74) is 0.388. The average molecular weight is 366 g/mol. The van der Waals surface area contributed by atoms with Gasteiger partial charge in [-0.05, 0) is 44.2 Å². The van der Waals surface area contributed by atoms with Gasteiger partial charge in [-0.25, -0.2) is 4.98 Å². The Morgan fingerprint density at radius 1 is 1.15 bits per heavy atom. The van der Waals surface area contributed by atoms with Gasteiger partial charge in [-0.2, -0.15) is 5.26 Å². The summed E-state index contributed by atoms with van der Waals surface area (Å²) in [7, 11) is 0. The Hall–Kier alpha value is -2.42. The summed E-state index contributed by atoms with van der Waals surface area (Å²) in [6.07, 6.45) is 10.1. The fourth-order valence-corrected chi connectivity index (χ4v) is 5.04. The number of nitriles is 1. The number of carbonyl (C=O) groups is 2. The fraction of sp³-hybridized carbons (Fsp3) is 0.619. The van der Waals surface area contributed by atoms with Crippen LogP contribution < -0.4 is 0 Å². The van der Waals surface area contributed by atoms with Gasteiger partial charge < -0.3 is 9.80 Å². The molecule has 1 aromatic heterocycles. The van der Waals surface area contributed by atoms with Crippen molar-refractivity contribution in [2.75, 3.05) is 19.6 Å². The van der Waals surface area contributed by atoms with Crippen LogP contribution in [0.4, 0.5) is 0 Å². The number of rotatable bonds is 2. The second kappa shape index (κ2) is 7.30. The van der Waals surface area contributed by atoms with E-state index in [1.54, 1.807) is 17.0 Å².